The number of rotatable bonds is 6. The molecule has 122 valence electrons. The Bertz CT molecular complexity index is 469. The topological polar surface area (TPSA) is 80.5 Å². The van der Waals surface area contributed by atoms with E-state index in [9.17, 15) is 13.2 Å². The lowest BCUT2D eigenvalue weighted by Gasteiger charge is -2.37. The Labute approximate surface area is 128 Å². The predicted octanol–water partition coefficient (Wildman–Crippen LogP) is 1.32. The third-order valence-electron chi connectivity index (χ3n) is 5.07. The van der Waals surface area contributed by atoms with E-state index in [2.05, 4.69) is 6.92 Å². The van der Waals surface area contributed by atoms with Crippen molar-refractivity contribution in [3.8, 4) is 0 Å². The first-order chi connectivity index (χ1) is 9.94. The summed E-state index contributed by atoms with van der Waals surface area (Å²) in [6.07, 6.45) is 6.30. The number of nitrogens with zero attached hydrogens (tertiary/aromatic N) is 1. The van der Waals surface area contributed by atoms with Crippen LogP contribution in [0.25, 0.3) is 0 Å². The average molecular weight is 316 g/mol. The van der Waals surface area contributed by atoms with Gasteiger partial charge in [-0.05, 0) is 25.7 Å². The molecule has 1 aliphatic carbocycles. The van der Waals surface area contributed by atoms with Crippen LogP contribution in [0.4, 0.5) is 0 Å². The Balaban J connectivity index is 2.17. The van der Waals surface area contributed by atoms with Crippen LogP contribution in [0.2, 0.25) is 0 Å². The Morgan fingerprint density at radius 3 is 2.48 bits per heavy atom. The van der Waals surface area contributed by atoms with E-state index in [1.54, 1.807) is 0 Å². The molecule has 0 aromatic rings. The summed E-state index contributed by atoms with van der Waals surface area (Å²) < 4.78 is 23.5. The highest BCUT2D eigenvalue weighted by molar-refractivity contribution is 7.91. The van der Waals surface area contributed by atoms with E-state index in [0.29, 0.717) is 19.5 Å². The number of nitrogens with two attached hydrogens (primary N) is 1. The summed E-state index contributed by atoms with van der Waals surface area (Å²) in [4.78, 5) is 14.9. The molecule has 0 spiro atoms. The van der Waals surface area contributed by atoms with Crippen LogP contribution >= 0.6 is 0 Å². The second-order valence-electron chi connectivity index (χ2n) is 6.60. The van der Waals surface area contributed by atoms with Crippen LogP contribution in [0.1, 0.15) is 51.9 Å². The van der Waals surface area contributed by atoms with Gasteiger partial charge in [0.2, 0.25) is 5.91 Å². The molecule has 5 nitrogen and oxygen atoms in total. The number of unbranched alkanes of at least 4 members (excludes halogenated alkanes) is 1. The van der Waals surface area contributed by atoms with Crippen LogP contribution in [0.5, 0.6) is 0 Å². The van der Waals surface area contributed by atoms with Crippen LogP contribution in [-0.4, -0.2) is 49.9 Å². The van der Waals surface area contributed by atoms with Gasteiger partial charge in [-0.1, -0.05) is 26.2 Å². The molecule has 2 fully saturated rings. The van der Waals surface area contributed by atoms with Gasteiger partial charge in [-0.15, -0.1) is 0 Å². The maximum Gasteiger partial charge on any atom is 0.230 e. The smallest absolute Gasteiger partial charge is 0.230 e. The highest BCUT2D eigenvalue weighted by Gasteiger charge is 2.45. The van der Waals surface area contributed by atoms with E-state index in [1.807, 2.05) is 4.90 Å². The molecule has 2 N–H and O–H groups in total. The fourth-order valence-electron chi connectivity index (χ4n) is 3.66. The Kier molecular flexibility index (Phi) is 5.30. The molecule has 1 heterocycles. The number of hydrogen-bond acceptors (Lipinski definition) is 4. The van der Waals surface area contributed by atoms with Crippen LogP contribution < -0.4 is 5.73 Å². The zero-order chi connectivity index (χ0) is 15.5. The summed E-state index contributed by atoms with van der Waals surface area (Å²) in [6.45, 7) is 3.13. The van der Waals surface area contributed by atoms with Gasteiger partial charge in [0.25, 0.3) is 0 Å². The van der Waals surface area contributed by atoms with Gasteiger partial charge in [-0.25, -0.2) is 8.42 Å². The zero-order valence-corrected chi connectivity index (χ0v) is 13.8. The minimum atomic E-state index is -2.97. The molecule has 2 rings (SSSR count). The van der Waals surface area contributed by atoms with Gasteiger partial charge in [0.05, 0.1) is 16.9 Å². The second kappa shape index (κ2) is 6.65. The molecule has 21 heavy (non-hydrogen) atoms. The highest BCUT2D eigenvalue weighted by atomic mass is 32.2. The second-order valence-corrected chi connectivity index (χ2v) is 8.83. The lowest BCUT2D eigenvalue weighted by atomic mass is 9.84. The van der Waals surface area contributed by atoms with Gasteiger partial charge in [0, 0.05) is 19.1 Å². The van der Waals surface area contributed by atoms with Crippen molar-refractivity contribution >= 4 is 15.7 Å². The maximum absolute atomic E-state index is 13.1. The minimum Gasteiger partial charge on any atom is -0.338 e. The Morgan fingerprint density at radius 1 is 1.33 bits per heavy atom. The average Bonchev–Trinajstić information content (AvgIpc) is 3.06. The normalized spacial score (nSPS) is 26.9. The molecule has 0 aromatic carbocycles. The molecule has 1 aliphatic heterocycles. The summed E-state index contributed by atoms with van der Waals surface area (Å²) in [6, 6.07) is -0.141. The molecule has 0 bridgehead atoms. The van der Waals surface area contributed by atoms with Gasteiger partial charge in [0.1, 0.15) is 0 Å². The number of hydrogen-bond donors (Lipinski definition) is 1. The first-order valence-electron chi connectivity index (χ1n) is 8.16. The van der Waals surface area contributed by atoms with E-state index in [1.165, 1.54) is 0 Å². The number of carbonyl (C=O) groups is 1. The fraction of sp³-hybridized carbons (Fsp3) is 0.933. The molecule has 1 saturated heterocycles. The van der Waals surface area contributed by atoms with Crippen molar-refractivity contribution < 1.29 is 13.2 Å². The SMILES string of the molecule is CCCCN(C(=O)C1(CN)CCCC1)C1CCS(=O)(=O)C1. The molecule has 1 amide bonds. The molecule has 0 aromatic heterocycles. The molecule has 2 aliphatic rings. The lowest BCUT2D eigenvalue weighted by molar-refractivity contribution is -0.143. The van der Waals surface area contributed by atoms with E-state index in [4.69, 9.17) is 5.73 Å². The van der Waals surface area contributed by atoms with Crippen LogP contribution in [0, 0.1) is 5.41 Å². The van der Waals surface area contributed by atoms with Gasteiger partial charge in [-0.2, -0.15) is 0 Å². The van der Waals surface area contributed by atoms with Crippen molar-refractivity contribution in [2.45, 2.75) is 57.9 Å². The van der Waals surface area contributed by atoms with Crippen molar-refractivity contribution in [3.63, 3.8) is 0 Å². The van der Waals surface area contributed by atoms with Crippen molar-refractivity contribution in [3.05, 3.63) is 0 Å². The first kappa shape index (κ1) is 16.7. The van der Waals surface area contributed by atoms with Crippen LogP contribution in [0.3, 0.4) is 0 Å². The highest BCUT2D eigenvalue weighted by Crippen LogP contribution is 2.40. The third kappa shape index (κ3) is 3.59. The summed E-state index contributed by atoms with van der Waals surface area (Å²) in [7, 11) is -2.97. The molecule has 1 saturated carbocycles. The van der Waals surface area contributed by atoms with E-state index >= 15 is 0 Å². The Morgan fingerprint density at radius 2 is 2.00 bits per heavy atom. The monoisotopic (exact) mass is 316 g/mol. The van der Waals surface area contributed by atoms with Crippen molar-refractivity contribution in [1.82, 2.24) is 4.90 Å². The molecular formula is C15H28N2O3S. The first-order valence-corrected chi connectivity index (χ1v) is 9.98. The molecular weight excluding hydrogens is 288 g/mol. The van der Waals surface area contributed by atoms with Gasteiger partial charge in [-0.3, -0.25) is 4.79 Å². The quantitative estimate of drug-likeness (QED) is 0.801. The van der Waals surface area contributed by atoms with E-state index in [0.717, 1.165) is 38.5 Å². The maximum atomic E-state index is 13.1. The third-order valence-corrected chi connectivity index (χ3v) is 6.82. The van der Waals surface area contributed by atoms with E-state index < -0.39 is 15.3 Å². The van der Waals surface area contributed by atoms with Gasteiger partial charge < -0.3 is 10.6 Å². The molecule has 6 heteroatoms. The van der Waals surface area contributed by atoms with Crippen molar-refractivity contribution in [2.75, 3.05) is 24.6 Å². The van der Waals surface area contributed by atoms with Crippen LogP contribution in [0.15, 0.2) is 0 Å². The lowest BCUT2D eigenvalue weighted by Crippen LogP contribution is -2.51. The number of carbonyl (C=O) groups excluding carboxylic acids is 1. The molecule has 1 atom stereocenters. The number of sulfone groups is 1. The zero-order valence-electron chi connectivity index (χ0n) is 13.0. The van der Waals surface area contributed by atoms with Crippen LogP contribution in [-0.2, 0) is 14.6 Å². The fourth-order valence-corrected chi connectivity index (χ4v) is 5.39. The predicted molar refractivity (Wildman–Crippen MR) is 83.6 cm³/mol. The van der Waals surface area contributed by atoms with Crippen molar-refractivity contribution in [2.24, 2.45) is 11.1 Å². The van der Waals surface area contributed by atoms with Crippen molar-refractivity contribution in [1.29, 1.82) is 0 Å². The molecule has 0 radical (unpaired) electrons. The Hall–Kier alpha value is -0.620. The number of amides is 1. The minimum absolute atomic E-state index is 0.109. The standard InChI is InChI=1S/C15H28N2O3S/c1-2-3-9-17(13-6-10-21(19,20)11-13)14(18)15(12-16)7-4-5-8-15/h13H,2-12,16H2,1H3. The largest absolute Gasteiger partial charge is 0.338 e. The summed E-state index contributed by atoms with van der Waals surface area (Å²) in [5.41, 5.74) is 5.49. The molecule has 1 unspecified atom stereocenters. The van der Waals surface area contributed by atoms with E-state index in [-0.39, 0.29) is 23.5 Å². The summed E-state index contributed by atoms with van der Waals surface area (Å²) in [5.74, 6) is 0.449. The van der Waals surface area contributed by atoms with Gasteiger partial charge in [0.15, 0.2) is 9.84 Å². The summed E-state index contributed by atoms with van der Waals surface area (Å²) in [5, 5.41) is 0. The summed E-state index contributed by atoms with van der Waals surface area (Å²) >= 11 is 0. The van der Waals surface area contributed by atoms with Gasteiger partial charge >= 0.3 is 0 Å².